The van der Waals surface area contributed by atoms with Crippen molar-refractivity contribution < 1.29 is 14.7 Å². The van der Waals surface area contributed by atoms with Crippen LogP contribution in [0.1, 0.15) is 25.1 Å². The topological polar surface area (TPSA) is 91.3 Å². The standard InChI is InChI=1S/C16H19N3O3S/c1-9(2)15(22)19-16-17-11(8-23-16)7-14(21)18-12-6-10(3)4-5-13(12)20/h4-6,8-9,20H,7H2,1-3H3,(H,18,21)(H,17,19,22). The van der Waals surface area contributed by atoms with Gasteiger partial charge in [0, 0.05) is 11.3 Å². The molecule has 2 aromatic rings. The lowest BCUT2D eigenvalue weighted by atomic mass is 10.2. The van der Waals surface area contributed by atoms with Crippen molar-refractivity contribution in [2.45, 2.75) is 27.2 Å². The van der Waals surface area contributed by atoms with Crippen molar-refractivity contribution in [1.29, 1.82) is 0 Å². The van der Waals surface area contributed by atoms with Crippen molar-refractivity contribution in [2.24, 2.45) is 5.92 Å². The van der Waals surface area contributed by atoms with Gasteiger partial charge in [-0.2, -0.15) is 0 Å². The Balaban J connectivity index is 1.97. The van der Waals surface area contributed by atoms with Crippen LogP contribution in [0.4, 0.5) is 10.8 Å². The molecule has 0 atom stereocenters. The van der Waals surface area contributed by atoms with Gasteiger partial charge in [-0.3, -0.25) is 9.59 Å². The van der Waals surface area contributed by atoms with Crippen LogP contribution in [-0.2, 0) is 16.0 Å². The molecule has 0 aliphatic carbocycles. The lowest BCUT2D eigenvalue weighted by molar-refractivity contribution is -0.119. The Morgan fingerprint density at radius 1 is 1.30 bits per heavy atom. The Bertz CT molecular complexity index is 725. The van der Waals surface area contributed by atoms with Crippen LogP contribution in [0.2, 0.25) is 0 Å². The Labute approximate surface area is 138 Å². The van der Waals surface area contributed by atoms with E-state index in [1.165, 1.54) is 17.4 Å². The Morgan fingerprint density at radius 3 is 2.74 bits per heavy atom. The molecule has 3 N–H and O–H groups in total. The largest absolute Gasteiger partial charge is 0.506 e. The molecule has 6 nitrogen and oxygen atoms in total. The summed E-state index contributed by atoms with van der Waals surface area (Å²) in [4.78, 5) is 27.9. The number of aromatic nitrogens is 1. The number of aromatic hydroxyl groups is 1. The summed E-state index contributed by atoms with van der Waals surface area (Å²) in [6.45, 7) is 5.47. The summed E-state index contributed by atoms with van der Waals surface area (Å²) in [6, 6.07) is 4.99. The number of anilines is 2. The number of carbonyl (C=O) groups excluding carboxylic acids is 2. The SMILES string of the molecule is Cc1ccc(O)c(NC(=O)Cc2csc(NC(=O)C(C)C)n2)c1. The molecular formula is C16H19N3O3S. The normalized spacial score (nSPS) is 10.6. The predicted molar refractivity (Wildman–Crippen MR) is 90.8 cm³/mol. The van der Waals surface area contributed by atoms with Crippen molar-refractivity contribution in [2.75, 3.05) is 10.6 Å². The summed E-state index contributed by atoms with van der Waals surface area (Å²) in [5.74, 6) is -0.500. The minimum atomic E-state index is -0.280. The van der Waals surface area contributed by atoms with E-state index in [0.717, 1.165) is 5.56 Å². The maximum Gasteiger partial charge on any atom is 0.230 e. The summed E-state index contributed by atoms with van der Waals surface area (Å²) in [7, 11) is 0. The maximum absolute atomic E-state index is 12.0. The van der Waals surface area contributed by atoms with Gasteiger partial charge < -0.3 is 15.7 Å². The van der Waals surface area contributed by atoms with E-state index in [4.69, 9.17) is 0 Å². The van der Waals surface area contributed by atoms with Gasteiger partial charge in [-0.1, -0.05) is 19.9 Å². The molecule has 0 spiro atoms. The third-order valence-corrected chi connectivity index (χ3v) is 3.88. The third-order valence-electron chi connectivity index (χ3n) is 3.07. The molecule has 0 saturated heterocycles. The van der Waals surface area contributed by atoms with Gasteiger partial charge in [0.15, 0.2) is 5.13 Å². The van der Waals surface area contributed by atoms with E-state index in [1.54, 1.807) is 31.4 Å². The molecule has 2 amide bonds. The molecule has 0 unspecified atom stereocenters. The number of hydrogen-bond acceptors (Lipinski definition) is 5. The summed E-state index contributed by atoms with van der Waals surface area (Å²) < 4.78 is 0. The van der Waals surface area contributed by atoms with Crippen molar-refractivity contribution >= 4 is 34.0 Å². The number of rotatable bonds is 5. The van der Waals surface area contributed by atoms with E-state index in [2.05, 4.69) is 15.6 Å². The molecule has 122 valence electrons. The van der Waals surface area contributed by atoms with Gasteiger partial charge in [-0.25, -0.2) is 4.98 Å². The highest BCUT2D eigenvalue weighted by atomic mass is 32.1. The fourth-order valence-electron chi connectivity index (χ4n) is 1.80. The maximum atomic E-state index is 12.0. The fourth-order valence-corrected chi connectivity index (χ4v) is 2.52. The molecule has 0 aliphatic heterocycles. The Morgan fingerprint density at radius 2 is 2.04 bits per heavy atom. The summed E-state index contributed by atoms with van der Waals surface area (Å²) in [6.07, 6.45) is 0.0709. The highest BCUT2D eigenvalue weighted by Gasteiger charge is 2.13. The molecule has 1 aromatic carbocycles. The van der Waals surface area contributed by atoms with Gasteiger partial charge in [-0.05, 0) is 24.6 Å². The lowest BCUT2D eigenvalue weighted by Crippen LogP contribution is -2.18. The number of nitrogens with one attached hydrogen (secondary N) is 2. The predicted octanol–water partition coefficient (Wildman–Crippen LogP) is 2.93. The second-order valence-corrected chi connectivity index (χ2v) is 6.39. The van der Waals surface area contributed by atoms with Crippen molar-refractivity contribution in [3.05, 3.63) is 34.8 Å². The van der Waals surface area contributed by atoms with Crippen molar-refractivity contribution in [3.8, 4) is 5.75 Å². The molecule has 0 radical (unpaired) electrons. The number of carbonyl (C=O) groups is 2. The molecule has 0 fully saturated rings. The Hall–Kier alpha value is -2.41. The van der Waals surface area contributed by atoms with Crippen molar-refractivity contribution in [3.63, 3.8) is 0 Å². The van der Waals surface area contributed by atoms with Crippen LogP contribution >= 0.6 is 11.3 Å². The summed E-state index contributed by atoms with van der Waals surface area (Å²) in [5.41, 5.74) is 1.88. The first-order valence-corrected chi connectivity index (χ1v) is 8.08. The molecule has 23 heavy (non-hydrogen) atoms. The average Bonchev–Trinajstić information content (AvgIpc) is 2.89. The first-order chi connectivity index (χ1) is 10.8. The van der Waals surface area contributed by atoms with Gasteiger partial charge in [0.1, 0.15) is 5.75 Å². The minimum Gasteiger partial charge on any atom is -0.506 e. The number of thiazole rings is 1. The monoisotopic (exact) mass is 333 g/mol. The second kappa shape index (κ2) is 7.23. The molecular weight excluding hydrogens is 314 g/mol. The molecule has 1 aromatic heterocycles. The molecule has 0 bridgehead atoms. The summed E-state index contributed by atoms with van der Waals surface area (Å²) in [5, 5.41) is 17.3. The van der Waals surface area contributed by atoms with Crippen LogP contribution in [0, 0.1) is 12.8 Å². The zero-order chi connectivity index (χ0) is 17.0. The number of amides is 2. The number of aryl methyl sites for hydroxylation is 1. The number of nitrogens with zero attached hydrogens (tertiary/aromatic N) is 1. The van der Waals surface area contributed by atoms with E-state index < -0.39 is 0 Å². The van der Waals surface area contributed by atoms with E-state index in [9.17, 15) is 14.7 Å². The molecule has 0 aliphatic rings. The van der Waals surface area contributed by atoms with Gasteiger partial charge in [0.05, 0.1) is 17.8 Å². The first-order valence-electron chi connectivity index (χ1n) is 7.20. The zero-order valence-corrected chi connectivity index (χ0v) is 14.0. The van der Waals surface area contributed by atoms with E-state index >= 15 is 0 Å². The number of phenols is 1. The van der Waals surface area contributed by atoms with E-state index in [-0.39, 0.29) is 29.9 Å². The quantitative estimate of drug-likeness (QED) is 0.734. The summed E-state index contributed by atoms with van der Waals surface area (Å²) >= 11 is 1.28. The zero-order valence-electron chi connectivity index (χ0n) is 13.2. The lowest BCUT2D eigenvalue weighted by Gasteiger charge is -2.07. The molecule has 0 saturated carbocycles. The highest BCUT2D eigenvalue weighted by molar-refractivity contribution is 7.13. The second-order valence-electron chi connectivity index (χ2n) is 5.53. The molecule has 1 heterocycles. The number of benzene rings is 1. The number of phenolic OH excluding ortho intramolecular Hbond substituents is 1. The van der Waals surface area contributed by atoms with Gasteiger partial charge in [0.25, 0.3) is 0 Å². The minimum absolute atomic E-state index is 0.0205. The highest BCUT2D eigenvalue weighted by Crippen LogP contribution is 2.24. The van der Waals surface area contributed by atoms with Crippen molar-refractivity contribution in [1.82, 2.24) is 4.98 Å². The fraction of sp³-hybridized carbons (Fsp3) is 0.312. The van der Waals surface area contributed by atoms with E-state index in [0.29, 0.717) is 16.5 Å². The van der Waals surface area contributed by atoms with Crippen LogP contribution in [0.25, 0.3) is 0 Å². The van der Waals surface area contributed by atoms with E-state index in [1.807, 2.05) is 6.92 Å². The van der Waals surface area contributed by atoms with Crippen LogP contribution in [0.3, 0.4) is 0 Å². The van der Waals surface area contributed by atoms with Gasteiger partial charge in [-0.15, -0.1) is 11.3 Å². The number of hydrogen-bond donors (Lipinski definition) is 3. The smallest absolute Gasteiger partial charge is 0.230 e. The van der Waals surface area contributed by atoms with Gasteiger partial charge >= 0.3 is 0 Å². The van der Waals surface area contributed by atoms with Crippen LogP contribution in [0.5, 0.6) is 5.75 Å². The molecule has 2 rings (SSSR count). The third kappa shape index (κ3) is 4.79. The van der Waals surface area contributed by atoms with Gasteiger partial charge in [0.2, 0.25) is 11.8 Å². The Kier molecular flexibility index (Phi) is 5.33. The van der Waals surface area contributed by atoms with Crippen LogP contribution in [-0.4, -0.2) is 21.9 Å². The van der Waals surface area contributed by atoms with Crippen LogP contribution in [0.15, 0.2) is 23.6 Å². The molecule has 7 heteroatoms. The first kappa shape index (κ1) is 17.0. The van der Waals surface area contributed by atoms with Crippen LogP contribution < -0.4 is 10.6 Å². The average molecular weight is 333 g/mol.